The molecular weight excluding hydrogens is 280 g/mol. The molecule has 2 aromatic rings. The van der Waals surface area contributed by atoms with Gasteiger partial charge in [0.2, 0.25) is 0 Å². The minimum absolute atomic E-state index is 0.0415. The van der Waals surface area contributed by atoms with Crippen LogP contribution in [0.25, 0.3) is 0 Å². The normalized spacial score (nSPS) is 10.4. The van der Waals surface area contributed by atoms with Gasteiger partial charge in [-0.3, -0.25) is 14.9 Å². The number of nitro groups is 1. The first-order valence-electron chi connectivity index (χ1n) is 6.93. The first-order chi connectivity index (χ1) is 10.3. The van der Waals surface area contributed by atoms with Gasteiger partial charge in [0.05, 0.1) is 4.92 Å². The zero-order chi connectivity index (χ0) is 16.4. The van der Waals surface area contributed by atoms with Crippen LogP contribution in [0.5, 0.6) is 0 Å². The molecule has 114 valence electrons. The molecule has 0 radical (unpaired) electrons. The van der Waals surface area contributed by atoms with E-state index in [1.54, 1.807) is 20.0 Å². The van der Waals surface area contributed by atoms with Crippen LogP contribution in [-0.2, 0) is 0 Å². The van der Waals surface area contributed by atoms with Crippen molar-refractivity contribution in [3.8, 4) is 0 Å². The molecule has 0 bridgehead atoms. The van der Waals surface area contributed by atoms with E-state index < -0.39 is 4.92 Å². The molecule has 2 aromatic carbocycles. The predicted molar refractivity (Wildman–Crippen MR) is 86.5 cm³/mol. The number of nitro benzene ring substituents is 1. The standard InChI is InChI=1S/C17H18N2O3/c1-11-7-5-9-15(12(11)2)18(4)17(20)14-8-6-10-16(13(14)3)19(21)22/h5-10H,1-4H3. The van der Waals surface area contributed by atoms with Crippen LogP contribution >= 0.6 is 0 Å². The van der Waals surface area contributed by atoms with Gasteiger partial charge in [0.25, 0.3) is 11.6 Å². The molecule has 22 heavy (non-hydrogen) atoms. The Balaban J connectivity index is 2.46. The summed E-state index contributed by atoms with van der Waals surface area (Å²) in [5, 5.41) is 11.0. The smallest absolute Gasteiger partial charge is 0.273 e. The SMILES string of the molecule is Cc1cccc(N(C)C(=O)c2cccc([N+](=O)[O-])c2C)c1C. The summed E-state index contributed by atoms with van der Waals surface area (Å²) in [6, 6.07) is 10.3. The second kappa shape index (κ2) is 5.97. The Hall–Kier alpha value is -2.69. The van der Waals surface area contributed by atoms with E-state index in [1.165, 1.54) is 17.0 Å². The van der Waals surface area contributed by atoms with Crippen LogP contribution in [0.2, 0.25) is 0 Å². The van der Waals surface area contributed by atoms with Gasteiger partial charge in [-0.25, -0.2) is 0 Å². The lowest BCUT2D eigenvalue weighted by molar-refractivity contribution is -0.385. The van der Waals surface area contributed by atoms with E-state index in [2.05, 4.69) is 0 Å². The molecule has 0 aromatic heterocycles. The van der Waals surface area contributed by atoms with E-state index in [-0.39, 0.29) is 11.6 Å². The second-order valence-corrected chi connectivity index (χ2v) is 5.29. The van der Waals surface area contributed by atoms with Crippen LogP contribution in [0.3, 0.4) is 0 Å². The van der Waals surface area contributed by atoms with Gasteiger partial charge in [-0.05, 0) is 44.0 Å². The first-order valence-corrected chi connectivity index (χ1v) is 6.93. The maximum Gasteiger partial charge on any atom is 0.273 e. The maximum absolute atomic E-state index is 12.7. The Morgan fingerprint density at radius 3 is 2.32 bits per heavy atom. The average Bonchev–Trinajstić information content (AvgIpc) is 2.48. The van der Waals surface area contributed by atoms with Crippen LogP contribution in [0, 0.1) is 30.9 Å². The molecular formula is C17H18N2O3. The zero-order valence-corrected chi connectivity index (χ0v) is 13.1. The lowest BCUT2D eigenvalue weighted by atomic mass is 10.0. The average molecular weight is 298 g/mol. The third-order valence-electron chi connectivity index (χ3n) is 3.97. The fourth-order valence-corrected chi connectivity index (χ4v) is 2.44. The molecule has 2 rings (SSSR count). The summed E-state index contributed by atoms with van der Waals surface area (Å²) in [6.07, 6.45) is 0. The third-order valence-corrected chi connectivity index (χ3v) is 3.97. The number of benzene rings is 2. The van der Waals surface area contributed by atoms with Crippen molar-refractivity contribution < 1.29 is 9.72 Å². The maximum atomic E-state index is 12.7. The summed E-state index contributed by atoms with van der Waals surface area (Å²) >= 11 is 0. The molecule has 0 fully saturated rings. The number of hydrogen-bond donors (Lipinski definition) is 0. The van der Waals surface area contributed by atoms with Gasteiger partial charge in [-0.15, -0.1) is 0 Å². The summed E-state index contributed by atoms with van der Waals surface area (Å²) in [6.45, 7) is 5.53. The quantitative estimate of drug-likeness (QED) is 0.639. The second-order valence-electron chi connectivity index (χ2n) is 5.29. The van der Waals surface area contributed by atoms with Gasteiger partial charge in [0, 0.05) is 29.9 Å². The predicted octanol–water partition coefficient (Wildman–Crippen LogP) is 3.80. The monoisotopic (exact) mass is 298 g/mol. The van der Waals surface area contributed by atoms with Crippen molar-refractivity contribution in [1.82, 2.24) is 0 Å². The third kappa shape index (κ3) is 2.70. The highest BCUT2D eigenvalue weighted by Crippen LogP contribution is 2.26. The van der Waals surface area contributed by atoms with Crippen molar-refractivity contribution in [2.75, 3.05) is 11.9 Å². The van der Waals surface area contributed by atoms with E-state index in [0.29, 0.717) is 11.1 Å². The fraction of sp³-hybridized carbons (Fsp3) is 0.235. The van der Waals surface area contributed by atoms with Crippen molar-refractivity contribution in [2.24, 2.45) is 0 Å². The van der Waals surface area contributed by atoms with Gasteiger partial charge in [-0.1, -0.05) is 18.2 Å². The molecule has 0 aliphatic carbocycles. The number of hydrogen-bond acceptors (Lipinski definition) is 3. The van der Waals surface area contributed by atoms with Gasteiger partial charge in [0.15, 0.2) is 0 Å². The molecule has 1 amide bonds. The number of aryl methyl sites for hydroxylation is 1. The summed E-state index contributed by atoms with van der Waals surface area (Å²) in [5.41, 5.74) is 3.60. The van der Waals surface area contributed by atoms with Crippen LogP contribution < -0.4 is 4.90 Å². The number of amides is 1. The number of anilines is 1. The van der Waals surface area contributed by atoms with E-state index in [9.17, 15) is 14.9 Å². The lowest BCUT2D eigenvalue weighted by Crippen LogP contribution is -2.27. The van der Waals surface area contributed by atoms with Gasteiger partial charge < -0.3 is 4.90 Å². The topological polar surface area (TPSA) is 63.5 Å². The first kappa shape index (κ1) is 15.7. The van der Waals surface area contributed by atoms with Crippen molar-refractivity contribution in [3.05, 3.63) is 68.8 Å². The zero-order valence-electron chi connectivity index (χ0n) is 13.1. The number of rotatable bonds is 3. The molecule has 0 N–H and O–H groups in total. The van der Waals surface area contributed by atoms with E-state index in [1.807, 2.05) is 32.0 Å². The summed E-state index contributed by atoms with van der Waals surface area (Å²) in [5.74, 6) is -0.255. The van der Waals surface area contributed by atoms with Gasteiger partial charge in [-0.2, -0.15) is 0 Å². The van der Waals surface area contributed by atoms with Crippen molar-refractivity contribution in [1.29, 1.82) is 0 Å². The number of nitrogens with zero attached hydrogens (tertiary/aromatic N) is 2. The van der Waals surface area contributed by atoms with E-state index >= 15 is 0 Å². The molecule has 0 unspecified atom stereocenters. The van der Waals surface area contributed by atoms with Crippen LogP contribution in [0.4, 0.5) is 11.4 Å². The highest BCUT2D eigenvalue weighted by atomic mass is 16.6. The molecule has 5 heteroatoms. The van der Waals surface area contributed by atoms with Gasteiger partial charge in [0.1, 0.15) is 0 Å². The Labute approximate surface area is 129 Å². The van der Waals surface area contributed by atoms with Crippen molar-refractivity contribution in [2.45, 2.75) is 20.8 Å². The number of carbonyl (C=O) groups excluding carboxylic acids is 1. The molecule has 0 heterocycles. The molecule has 0 saturated heterocycles. The highest BCUT2D eigenvalue weighted by Gasteiger charge is 2.22. The summed E-state index contributed by atoms with van der Waals surface area (Å²) in [7, 11) is 1.68. The number of carbonyl (C=O) groups is 1. The van der Waals surface area contributed by atoms with E-state index in [0.717, 1.165) is 16.8 Å². The van der Waals surface area contributed by atoms with E-state index in [4.69, 9.17) is 0 Å². The van der Waals surface area contributed by atoms with Crippen LogP contribution in [0.15, 0.2) is 36.4 Å². The summed E-state index contributed by atoms with van der Waals surface area (Å²) in [4.78, 5) is 24.8. The largest absolute Gasteiger partial charge is 0.311 e. The summed E-state index contributed by atoms with van der Waals surface area (Å²) < 4.78 is 0. The Morgan fingerprint density at radius 1 is 1.05 bits per heavy atom. The molecule has 0 aliphatic rings. The molecule has 0 spiro atoms. The highest BCUT2D eigenvalue weighted by molar-refractivity contribution is 6.07. The minimum Gasteiger partial charge on any atom is -0.311 e. The van der Waals surface area contributed by atoms with Crippen LogP contribution in [0.1, 0.15) is 27.0 Å². The minimum atomic E-state index is -0.468. The lowest BCUT2D eigenvalue weighted by Gasteiger charge is -2.21. The molecule has 0 saturated carbocycles. The molecule has 0 atom stereocenters. The molecule has 0 aliphatic heterocycles. The van der Waals surface area contributed by atoms with Crippen molar-refractivity contribution in [3.63, 3.8) is 0 Å². The van der Waals surface area contributed by atoms with Crippen LogP contribution in [-0.4, -0.2) is 17.9 Å². The van der Waals surface area contributed by atoms with Crippen molar-refractivity contribution >= 4 is 17.3 Å². The fourth-order valence-electron chi connectivity index (χ4n) is 2.44. The van der Waals surface area contributed by atoms with Gasteiger partial charge >= 0.3 is 0 Å². The Kier molecular flexibility index (Phi) is 4.26. The Morgan fingerprint density at radius 2 is 1.68 bits per heavy atom. The molecule has 5 nitrogen and oxygen atoms in total. The Bertz CT molecular complexity index is 754.